The molecule has 1 heterocycles. The molecule has 88 valence electrons. The van der Waals surface area contributed by atoms with Crippen LogP contribution < -0.4 is 5.73 Å². The molecule has 4 nitrogen and oxygen atoms in total. The van der Waals surface area contributed by atoms with Crippen LogP contribution in [-0.2, 0) is 4.74 Å². The average molecular weight is 214 g/mol. The van der Waals surface area contributed by atoms with Crippen LogP contribution in [0, 0.1) is 5.92 Å². The Morgan fingerprint density at radius 2 is 2.27 bits per heavy atom. The van der Waals surface area contributed by atoms with E-state index in [1.807, 2.05) is 0 Å². The summed E-state index contributed by atoms with van der Waals surface area (Å²) in [5.74, 6) is 0.526. The summed E-state index contributed by atoms with van der Waals surface area (Å²) >= 11 is 0. The van der Waals surface area contributed by atoms with E-state index in [0.29, 0.717) is 12.0 Å². The third-order valence-corrected chi connectivity index (χ3v) is 3.69. The molecular weight excluding hydrogens is 192 g/mol. The summed E-state index contributed by atoms with van der Waals surface area (Å²) < 4.78 is 5.39. The van der Waals surface area contributed by atoms with Gasteiger partial charge in [-0.15, -0.1) is 0 Å². The molecule has 0 spiro atoms. The van der Waals surface area contributed by atoms with E-state index in [4.69, 9.17) is 10.5 Å². The van der Waals surface area contributed by atoms with Gasteiger partial charge < -0.3 is 15.6 Å². The first-order chi connectivity index (χ1) is 7.15. The lowest BCUT2D eigenvalue weighted by atomic mass is 9.94. The summed E-state index contributed by atoms with van der Waals surface area (Å²) in [6.07, 6.45) is 2.35. The molecule has 15 heavy (non-hydrogen) atoms. The molecule has 0 radical (unpaired) electrons. The van der Waals surface area contributed by atoms with Gasteiger partial charge in [0, 0.05) is 19.1 Å². The van der Waals surface area contributed by atoms with Crippen molar-refractivity contribution in [2.45, 2.75) is 31.3 Å². The summed E-state index contributed by atoms with van der Waals surface area (Å²) in [6.45, 7) is 5.57. The van der Waals surface area contributed by atoms with Gasteiger partial charge in [0.15, 0.2) is 0 Å². The summed E-state index contributed by atoms with van der Waals surface area (Å²) in [4.78, 5) is 2.35. The van der Waals surface area contributed by atoms with Crippen LogP contribution in [0.4, 0.5) is 0 Å². The van der Waals surface area contributed by atoms with Gasteiger partial charge >= 0.3 is 0 Å². The molecule has 0 aromatic carbocycles. The Labute approximate surface area is 91.4 Å². The second-order valence-electron chi connectivity index (χ2n) is 5.06. The van der Waals surface area contributed by atoms with E-state index in [0.717, 1.165) is 26.3 Å². The minimum Gasteiger partial charge on any atom is -0.394 e. The lowest BCUT2D eigenvalue weighted by molar-refractivity contribution is -0.0178. The van der Waals surface area contributed by atoms with Gasteiger partial charge in [0.1, 0.15) is 0 Å². The predicted octanol–water partition coefficient (Wildman–Crippen LogP) is -0.193. The second kappa shape index (κ2) is 4.37. The van der Waals surface area contributed by atoms with Crippen molar-refractivity contribution in [1.29, 1.82) is 0 Å². The van der Waals surface area contributed by atoms with Gasteiger partial charge in [-0.2, -0.15) is 0 Å². The molecule has 0 bridgehead atoms. The largest absolute Gasteiger partial charge is 0.394 e. The topological polar surface area (TPSA) is 58.7 Å². The van der Waals surface area contributed by atoms with Crippen LogP contribution in [0.3, 0.4) is 0 Å². The molecule has 2 unspecified atom stereocenters. The molecular formula is C11H22N2O2. The minimum atomic E-state index is -0.383. The Morgan fingerprint density at radius 3 is 2.80 bits per heavy atom. The van der Waals surface area contributed by atoms with Crippen molar-refractivity contribution in [2.24, 2.45) is 11.7 Å². The Morgan fingerprint density at radius 1 is 1.53 bits per heavy atom. The maximum absolute atomic E-state index is 9.43. The fourth-order valence-corrected chi connectivity index (χ4v) is 2.34. The van der Waals surface area contributed by atoms with Crippen LogP contribution in [0.5, 0.6) is 0 Å². The highest BCUT2D eigenvalue weighted by Gasteiger charge is 2.43. The monoisotopic (exact) mass is 214 g/mol. The first kappa shape index (κ1) is 11.3. The molecule has 2 fully saturated rings. The Bertz CT molecular complexity index is 221. The van der Waals surface area contributed by atoms with Gasteiger partial charge in [-0.05, 0) is 25.7 Å². The van der Waals surface area contributed by atoms with Crippen molar-refractivity contribution in [3.8, 4) is 0 Å². The quantitative estimate of drug-likeness (QED) is 0.681. The van der Waals surface area contributed by atoms with E-state index in [1.54, 1.807) is 0 Å². The molecule has 4 heteroatoms. The number of hydrogen-bond donors (Lipinski definition) is 2. The Balaban J connectivity index is 1.92. The maximum Gasteiger partial charge on any atom is 0.0626 e. The molecule has 2 atom stereocenters. The molecule has 2 rings (SSSR count). The number of hydrogen-bond acceptors (Lipinski definition) is 4. The highest BCUT2D eigenvalue weighted by molar-refractivity contribution is 5.01. The van der Waals surface area contributed by atoms with E-state index in [2.05, 4.69) is 11.8 Å². The highest BCUT2D eigenvalue weighted by Crippen LogP contribution is 2.38. The minimum absolute atomic E-state index is 0.0990. The fraction of sp³-hybridized carbons (Fsp3) is 1.00. The van der Waals surface area contributed by atoms with E-state index in [9.17, 15) is 5.11 Å². The molecule has 2 aliphatic rings. The molecule has 0 amide bonds. The second-order valence-corrected chi connectivity index (χ2v) is 5.06. The van der Waals surface area contributed by atoms with Gasteiger partial charge in [-0.25, -0.2) is 0 Å². The normalized spacial score (nSPS) is 32.6. The Kier molecular flexibility index (Phi) is 3.30. The zero-order valence-electron chi connectivity index (χ0n) is 9.48. The van der Waals surface area contributed by atoms with Gasteiger partial charge in [-0.3, -0.25) is 4.90 Å². The van der Waals surface area contributed by atoms with E-state index < -0.39 is 0 Å². The van der Waals surface area contributed by atoms with Crippen molar-refractivity contribution in [2.75, 3.05) is 32.9 Å². The molecule has 1 saturated carbocycles. The zero-order chi connectivity index (χ0) is 10.9. The molecule has 1 saturated heterocycles. The predicted molar refractivity (Wildman–Crippen MR) is 58.6 cm³/mol. The number of aliphatic hydroxyl groups excluding tert-OH is 1. The molecule has 0 aromatic rings. The van der Waals surface area contributed by atoms with Gasteiger partial charge in [0.2, 0.25) is 0 Å². The van der Waals surface area contributed by atoms with Crippen LogP contribution in [0.25, 0.3) is 0 Å². The third kappa shape index (κ3) is 2.50. The lowest BCUT2D eigenvalue weighted by Gasteiger charge is -2.39. The number of nitrogens with two attached hydrogens (primary N) is 1. The summed E-state index contributed by atoms with van der Waals surface area (Å²) in [5.41, 5.74) is 5.88. The summed E-state index contributed by atoms with van der Waals surface area (Å²) in [6, 6.07) is 0.423. The number of rotatable bonds is 4. The van der Waals surface area contributed by atoms with Crippen molar-refractivity contribution in [3.05, 3.63) is 0 Å². The maximum atomic E-state index is 9.43. The van der Waals surface area contributed by atoms with Crippen molar-refractivity contribution >= 4 is 0 Å². The molecule has 1 aliphatic carbocycles. The lowest BCUT2D eigenvalue weighted by Crippen LogP contribution is -2.58. The standard InChI is InChI=1S/C11H22N2O2/c1-9-6-15-5-4-13(9)7-11(12,8-14)10-2-3-10/h9-10,14H,2-8,12H2,1H3. The van der Waals surface area contributed by atoms with E-state index in [1.165, 1.54) is 12.8 Å². The van der Waals surface area contributed by atoms with Crippen LogP contribution in [0.1, 0.15) is 19.8 Å². The van der Waals surface area contributed by atoms with Crippen LogP contribution in [0.15, 0.2) is 0 Å². The number of ether oxygens (including phenoxy) is 1. The van der Waals surface area contributed by atoms with Crippen molar-refractivity contribution in [3.63, 3.8) is 0 Å². The summed E-state index contributed by atoms with van der Waals surface area (Å²) in [5, 5.41) is 9.43. The third-order valence-electron chi connectivity index (χ3n) is 3.69. The molecule has 0 aromatic heterocycles. The van der Waals surface area contributed by atoms with Crippen LogP contribution in [0.2, 0.25) is 0 Å². The summed E-state index contributed by atoms with van der Waals surface area (Å²) in [7, 11) is 0. The first-order valence-corrected chi connectivity index (χ1v) is 5.87. The number of nitrogens with zero attached hydrogens (tertiary/aromatic N) is 1. The SMILES string of the molecule is CC1COCCN1CC(N)(CO)C1CC1. The fourth-order valence-electron chi connectivity index (χ4n) is 2.34. The number of morpholine rings is 1. The highest BCUT2D eigenvalue weighted by atomic mass is 16.5. The van der Waals surface area contributed by atoms with E-state index >= 15 is 0 Å². The average Bonchev–Trinajstić information content (AvgIpc) is 3.05. The van der Waals surface area contributed by atoms with Gasteiger partial charge in [-0.1, -0.05) is 0 Å². The first-order valence-electron chi connectivity index (χ1n) is 5.87. The van der Waals surface area contributed by atoms with Crippen molar-refractivity contribution in [1.82, 2.24) is 4.90 Å². The van der Waals surface area contributed by atoms with Gasteiger partial charge in [0.25, 0.3) is 0 Å². The smallest absolute Gasteiger partial charge is 0.0626 e. The Hall–Kier alpha value is -0.160. The van der Waals surface area contributed by atoms with Crippen molar-refractivity contribution < 1.29 is 9.84 Å². The van der Waals surface area contributed by atoms with E-state index in [-0.39, 0.29) is 12.1 Å². The zero-order valence-corrected chi connectivity index (χ0v) is 9.48. The molecule has 1 aliphatic heterocycles. The molecule has 3 N–H and O–H groups in total. The van der Waals surface area contributed by atoms with Crippen LogP contribution >= 0.6 is 0 Å². The van der Waals surface area contributed by atoms with Crippen LogP contribution in [-0.4, -0.2) is 54.5 Å². The van der Waals surface area contributed by atoms with Gasteiger partial charge in [0.05, 0.1) is 25.4 Å². The number of aliphatic hydroxyl groups is 1.